The standard InChI is InChI=1S/C21H23N3O3/c1-13-6-7-14(11-17(13)18-5-3-4-10-22-18)23-21(26)24-15-8-9-16(19(24)12-15)20(25)27-2/h3-7,10-11,15-16,19H,8-9,12H2,1-2H3,(H,23,26)/t15-,16-,19-/m0/s1. The zero-order valence-electron chi connectivity index (χ0n) is 15.5. The number of methoxy groups -OCH3 is 1. The molecule has 1 saturated carbocycles. The van der Waals surface area contributed by atoms with Crippen LogP contribution in [0.1, 0.15) is 24.8 Å². The number of amides is 2. The van der Waals surface area contributed by atoms with Crippen LogP contribution >= 0.6 is 0 Å². The summed E-state index contributed by atoms with van der Waals surface area (Å²) in [5.74, 6) is -0.434. The van der Waals surface area contributed by atoms with Gasteiger partial charge in [-0.2, -0.15) is 0 Å². The largest absolute Gasteiger partial charge is 0.469 e. The quantitative estimate of drug-likeness (QED) is 0.844. The molecule has 1 aromatic heterocycles. The van der Waals surface area contributed by atoms with Crippen LogP contribution in [0, 0.1) is 12.8 Å². The number of urea groups is 1. The first-order chi connectivity index (χ1) is 13.1. The fourth-order valence-electron chi connectivity index (χ4n) is 4.25. The molecule has 140 valence electrons. The molecule has 3 atom stereocenters. The Labute approximate surface area is 158 Å². The molecule has 2 amide bonds. The van der Waals surface area contributed by atoms with Crippen molar-refractivity contribution in [3.05, 3.63) is 48.2 Å². The highest BCUT2D eigenvalue weighted by Gasteiger charge is 2.52. The van der Waals surface area contributed by atoms with Gasteiger partial charge in [-0.3, -0.25) is 9.78 Å². The first-order valence-corrected chi connectivity index (χ1v) is 9.27. The topological polar surface area (TPSA) is 71.5 Å². The smallest absolute Gasteiger partial charge is 0.322 e. The highest BCUT2D eigenvalue weighted by atomic mass is 16.5. The molecule has 2 saturated heterocycles. The molecule has 2 aliphatic heterocycles. The van der Waals surface area contributed by atoms with Crippen molar-refractivity contribution >= 4 is 17.7 Å². The molecular weight excluding hydrogens is 342 g/mol. The summed E-state index contributed by atoms with van der Waals surface area (Å²) in [5.41, 5.74) is 3.69. The predicted octanol–water partition coefficient (Wildman–Crippen LogP) is 3.61. The number of pyridine rings is 1. The van der Waals surface area contributed by atoms with Crippen LogP contribution in [0.4, 0.5) is 10.5 Å². The number of anilines is 1. The molecule has 2 bridgehead atoms. The number of esters is 1. The third-order valence-electron chi connectivity index (χ3n) is 5.71. The van der Waals surface area contributed by atoms with E-state index < -0.39 is 0 Å². The van der Waals surface area contributed by atoms with Crippen LogP contribution in [0.15, 0.2) is 42.6 Å². The van der Waals surface area contributed by atoms with E-state index >= 15 is 0 Å². The van der Waals surface area contributed by atoms with E-state index in [0.29, 0.717) is 0 Å². The number of fused-ring (bicyclic) bond motifs is 2. The second-order valence-corrected chi connectivity index (χ2v) is 7.25. The van der Waals surface area contributed by atoms with Gasteiger partial charge in [-0.05, 0) is 56.0 Å². The van der Waals surface area contributed by atoms with Crippen molar-refractivity contribution in [2.45, 2.75) is 38.3 Å². The minimum Gasteiger partial charge on any atom is -0.469 e. The number of ether oxygens (including phenoxy) is 1. The monoisotopic (exact) mass is 365 g/mol. The Morgan fingerprint density at radius 1 is 1.22 bits per heavy atom. The van der Waals surface area contributed by atoms with Crippen molar-refractivity contribution in [1.29, 1.82) is 0 Å². The minimum absolute atomic E-state index is 0.0584. The normalized spacial score (nSPS) is 23.3. The van der Waals surface area contributed by atoms with Gasteiger partial charge in [-0.15, -0.1) is 0 Å². The minimum atomic E-state index is -0.219. The summed E-state index contributed by atoms with van der Waals surface area (Å²) in [7, 11) is 1.41. The maximum atomic E-state index is 12.8. The number of hydrogen-bond acceptors (Lipinski definition) is 4. The number of benzene rings is 1. The number of piperidine rings is 1. The second kappa shape index (κ2) is 7.02. The van der Waals surface area contributed by atoms with E-state index in [1.165, 1.54) is 7.11 Å². The number of aromatic nitrogens is 1. The van der Waals surface area contributed by atoms with E-state index in [9.17, 15) is 9.59 Å². The number of hydrogen-bond donors (Lipinski definition) is 1. The molecule has 27 heavy (non-hydrogen) atoms. The van der Waals surface area contributed by atoms with E-state index in [4.69, 9.17) is 4.74 Å². The molecule has 1 aliphatic carbocycles. The van der Waals surface area contributed by atoms with Gasteiger partial charge in [0.1, 0.15) is 0 Å². The molecule has 5 rings (SSSR count). The number of rotatable bonds is 3. The van der Waals surface area contributed by atoms with E-state index in [1.807, 2.05) is 48.2 Å². The van der Waals surface area contributed by atoms with Crippen molar-refractivity contribution in [3.8, 4) is 11.3 Å². The molecule has 0 unspecified atom stereocenters. The van der Waals surface area contributed by atoms with Crippen molar-refractivity contribution in [3.63, 3.8) is 0 Å². The Kier molecular flexibility index (Phi) is 4.56. The van der Waals surface area contributed by atoms with Gasteiger partial charge in [0.2, 0.25) is 0 Å². The average molecular weight is 365 g/mol. The summed E-state index contributed by atoms with van der Waals surface area (Å²) in [4.78, 5) is 31.0. The summed E-state index contributed by atoms with van der Waals surface area (Å²) in [6, 6.07) is 11.6. The van der Waals surface area contributed by atoms with Crippen molar-refractivity contribution in [2.75, 3.05) is 12.4 Å². The first kappa shape index (κ1) is 17.5. The zero-order chi connectivity index (χ0) is 19.0. The first-order valence-electron chi connectivity index (χ1n) is 9.27. The fraction of sp³-hybridized carbons (Fsp3) is 0.381. The van der Waals surface area contributed by atoms with Crippen LogP contribution in [0.3, 0.4) is 0 Å². The number of carbonyl (C=O) groups excluding carboxylic acids is 2. The lowest BCUT2D eigenvalue weighted by Gasteiger charge is -2.55. The Morgan fingerprint density at radius 2 is 2.07 bits per heavy atom. The van der Waals surface area contributed by atoms with Crippen molar-refractivity contribution in [2.24, 2.45) is 5.92 Å². The van der Waals surface area contributed by atoms with Crippen LogP contribution in [0.25, 0.3) is 11.3 Å². The zero-order valence-corrected chi connectivity index (χ0v) is 15.5. The molecule has 1 N–H and O–H groups in total. The molecule has 3 fully saturated rings. The lowest BCUT2D eigenvalue weighted by atomic mass is 9.72. The Balaban J connectivity index is 1.52. The van der Waals surface area contributed by atoms with Gasteiger partial charge in [0.05, 0.1) is 18.7 Å². The molecule has 6 heteroatoms. The van der Waals surface area contributed by atoms with Crippen LogP contribution in [0.5, 0.6) is 0 Å². The summed E-state index contributed by atoms with van der Waals surface area (Å²) < 4.78 is 4.90. The summed E-state index contributed by atoms with van der Waals surface area (Å²) in [5, 5.41) is 2.99. The van der Waals surface area contributed by atoms with Crippen LogP contribution in [-0.2, 0) is 9.53 Å². The predicted molar refractivity (Wildman–Crippen MR) is 102 cm³/mol. The molecule has 0 spiro atoms. The van der Waals surface area contributed by atoms with E-state index in [2.05, 4.69) is 10.3 Å². The summed E-state index contributed by atoms with van der Waals surface area (Å²) in [6.07, 6.45) is 4.27. The van der Waals surface area contributed by atoms with Gasteiger partial charge in [0.25, 0.3) is 0 Å². The lowest BCUT2D eigenvalue weighted by molar-refractivity contribution is -0.154. The average Bonchev–Trinajstić information content (AvgIpc) is 2.69. The molecule has 2 aromatic rings. The Morgan fingerprint density at radius 3 is 2.78 bits per heavy atom. The van der Waals surface area contributed by atoms with Crippen molar-refractivity contribution in [1.82, 2.24) is 9.88 Å². The van der Waals surface area contributed by atoms with Crippen LogP contribution in [-0.4, -0.2) is 41.1 Å². The maximum absolute atomic E-state index is 12.8. The summed E-state index contributed by atoms with van der Waals surface area (Å²) in [6.45, 7) is 2.02. The number of carbonyl (C=O) groups is 2. The van der Waals surface area contributed by atoms with Gasteiger partial charge in [-0.1, -0.05) is 12.1 Å². The van der Waals surface area contributed by atoms with Gasteiger partial charge < -0.3 is 15.0 Å². The van der Waals surface area contributed by atoms with Crippen LogP contribution < -0.4 is 5.32 Å². The van der Waals surface area contributed by atoms with E-state index in [1.54, 1.807) is 6.20 Å². The highest BCUT2D eigenvalue weighted by molar-refractivity contribution is 5.92. The number of nitrogens with one attached hydrogen (secondary N) is 1. The molecule has 1 aromatic carbocycles. The second-order valence-electron chi connectivity index (χ2n) is 7.25. The highest BCUT2D eigenvalue weighted by Crippen LogP contribution is 2.42. The maximum Gasteiger partial charge on any atom is 0.322 e. The van der Waals surface area contributed by atoms with E-state index in [-0.39, 0.29) is 30.0 Å². The third kappa shape index (κ3) is 3.16. The molecule has 3 heterocycles. The summed E-state index contributed by atoms with van der Waals surface area (Å²) >= 11 is 0. The Bertz CT molecular complexity index is 866. The molecule has 3 aliphatic rings. The van der Waals surface area contributed by atoms with Crippen LogP contribution in [0.2, 0.25) is 0 Å². The molecular formula is C21H23N3O3. The van der Waals surface area contributed by atoms with Crippen molar-refractivity contribution < 1.29 is 14.3 Å². The van der Waals surface area contributed by atoms with Gasteiger partial charge in [-0.25, -0.2) is 4.79 Å². The van der Waals surface area contributed by atoms with Gasteiger partial charge in [0, 0.05) is 29.5 Å². The number of aryl methyl sites for hydroxylation is 1. The SMILES string of the molecule is COC(=O)[C@H]1CC[C@H]2C[C@@H]1N2C(=O)Nc1ccc(C)c(-c2ccccn2)c1. The molecule has 6 nitrogen and oxygen atoms in total. The van der Waals surface area contributed by atoms with Gasteiger partial charge >= 0.3 is 12.0 Å². The van der Waals surface area contributed by atoms with Gasteiger partial charge in [0.15, 0.2) is 0 Å². The number of nitrogens with zero attached hydrogens (tertiary/aromatic N) is 2. The Hall–Kier alpha value is -2.89. The lowest BCUT2D eigenvalue weighted by Crippen LogP contribution is -2.66. The fourth-order valence-corrected chi connectivity index (χ4v) is 4.25. The molecule has 0 radical (unpaired) electrons. The van der Waals surface area contributed by atoms with E-state index in [0.717, 1.165) is 41.8 Å². The third-order valence-corrected chi connectivity index (χ3v) is 5.71.